The van der Waals surface area contributed by atoms with Gasteiger partial charge in [0.1, 0.15) is 11.6 Å². The van der Waals surface area contributed by atoms with Crippen molar-refractivity contribution in [3.05, 3.63) is 24.1 Å². The van der Waals surface area contributed by atoms with Crippen molar-refractivity contribution in [2.24, 2.45) is 0 Å². The van der Waals surface area contributed by atoms with Gasteiger partial charge in [0.15, 0.2) is 0 Å². The van der Waals surface area contributed by atoms with E-state index >= 15 is 0 Å². The minimum Gasteiger partial charge on any atom is -0.370 e. The van der Waals surface area contributed by atoms with Crippen molar-refractivity contribution in [2.45, 2.75) is 25.7 Å². The van der Waals surface area contributed by atoms with E-state index in [0.717, 1.165) is 32.1 Å². The number of halogens is 1. The smallest absolute Gasteiger partial charge is 0.224 e. The van der Waals surface area contributed by atoms with Crippen molar-refractivity contribution in [3.8, 4) is 0 Å². The molecule has 1 aromatic heterocycles. The molecule has 5 heteroatoms. The molecule has 1 aliphatic heterocycles. The standard InChI is InChI=1S/C13H18FN3O/c14-11-4-5-12(16-10-11)15-7-6-13(18)17-8-2-1-3-9-17/h4-5,10H,1-3,6-9H2,(H,15,16). The molecule has 0 radical (unpaired) electrons. The molecule has 0 unspecified atom stereocenters. The molecular weight excluding hydrogens is 233 g/mol. The zero-order valence-corrected chi connectivity index (χ0v) is 10.4. The summed E-state index contributed by atoms with van der Waals surface area (Å²) in [5.74, 6) is 0.428. The van der Waals surface area contributed by atoms with E-state index in [1.807, 2.05) is 4.90 Å². The number of carbonyl (C=O) groups is 1. The number of carbonyl (C=O) groups excluding carboxylic acids is 1. The van der Waals surface area contributed by atoms with Gasteiger partial charge in [-0.25, -0.2) is 9.37 Å². The molecule has 1 saturated heterocycles. The third-order valence-corrected chi connectivity index (χ3v) is 3.08. The molecule has 0 atom stereocenters. The first-order valence-electron chi connectivity index (χ1n) is 6.39. The first-order valence-corrected chi connectivity index (χ1v) is 6.39. The van der Waals surface area contributed by atoms with Crippen LogP contribution in [0.2, 0.25) is 0 Å². The van der Waals surface area contributed by atoms with E-state index < -0.39 is 0 Å². The van der Waals surface area contributed by atoms with Gasteiger partial charge in [-0.2, -0.15) is 0 Å². The number of hydrogen-bond acceptors (Lipinski definition) is 3. The lowest BCUT2D eigenvalue weighted by Gasteiger charge is -2.26. The summed E-state index contributed by atoms with van der Waals surface area (Å²) in [5, 5.41) is 3.02. The average molecular weight is 251 g/mol. The van der Waals surface area contributed by atoms with Gasteiger partial charge in [-0.15, -0.1) is 0 Å². The van der Waals surface area contributed by atoms with Gasteiger partial charge in [-0.3, -0.25) is 4.79 Å². The Morgan fingerprint density at radius 2 is 2.11 bits per heavy atom. The Bertz CT molecular complexity index is 388. The highest BCUT2D eigenvalue weighted by Crippen LogP contribution is 2.10. The Labute approximate surface area is 106 Å². The topological polar surface area (TPSA) is 45.2 Å². The zero-order chi connectivity index (χ0) is 12.8. The molecule has 18 heavy (non-hydrogen) atoms. The van der Waals surface area contributed by atoms with E-state index in [1.54, 1.807) is 6.07 Å². The first kappa shape index (κ1) is 12.8. The molecule has 2 rings (SSSR count). The highest BCUT2D eigenvalue weighted by molar-refractivity contribution is 5.76. The number of piperidine rings is 1. The van der Waals surface area contributed by atoms with Crippen LogP contribution in [0.15, 0.2) is 18.3 Å². The third kappa shape index (κ3) is 3.68. The summed E-state index contributed by atoms with van der Waals surface area (Å²) in [4.78, 5) is 17.6. The maximum Gasteiger partial charge on any atom is 0.224 e. The summed E-state index contributed by atoms with van der Waals surface area (Å²) in [6.45, 7) is 2.30. The van der Waals surface area contributed by atoms with Crippen LogP contribution in [0.25, 0.3) is 0 Å². The molecule has 0 saturated carbocycles. The lowest BCUT2D eigenvalue weighted by molar-refractivity contribution is -0.131. The second-order valence-corrected chi connectivity index (χ2v) is 4.48. The highest BCUT2D eigenvalue weighted by atomic mass is 19.1. The normalized spacial score (nSPS) is 15.5. The van der Waals surface area contributed by atoms with Crippen molar-refractivity contribution in [2.75, 3.05) is 25.0 Å². The van der Waals surface area contributed by atoms with Gasteiger partial charge in [-0.1, -0.05) is 0 Å². The SMILES string of the molecule is O=C(CCNc1ccc(F)cn1)N1CCCCC1. The number of anilines is 1. The van der Waals surface area contributed by atoms with Crippen LogP contribution in [-0.4, -0.2) is 35.4 Å². The van der Waals surface area contributed by atoms with Crippen molar-refractivity contribution < 1.29 is 9.18 Å². The number of pyridine rings is 1. The van der Waals surface area contributed by atoms with Crippen molar-refractivity contribution >= 4 is 11.7 Å². The number of nitrogens with one attached hydrogen (secondary N) is 1. The van der Waals surface area contributed by atoms with Crippen LogP contribution in [-0.2, 0) is 4.79 Å². The van der Waals surface area contributed by atoms with E-state index in [0.29, 0.717) is 18.8 Å². The molecule has 1 aromatic rings. The average Bonchev–Trinajstić information content (AvgIpc) is 2.42. The van der Waals surface area contributed by atoms with Gasteiger partial charge in [-0.05, 0) is 31.4 Å². The van der Waals surface area contributed by atoms with Crippen LogP contribution in [0.5, 0.6) is 0 Å². The van der Waals surface area contributed by atoms with Gasteiger partial charge in [0.05, 0.1) is 6.20 Å². The number of hydrogen-bond donors (Lipinski definition) is 1. The van der Waals surface area contributed by atoms with Gasteiger partial charge in [0, 0.05) is 26.1 Å². The summed E-state index contributed by atoms with van der Waals surface area (Å²) in [6.07, 6.45) is 5.06. The largest absolute Gasteiger partial charge is 0.370 e. The Hall–Kier alpha value is -1.65. The number of rotatable bonds is 4. The molecule has 0 aromatic carbocycles. The van der Waals surface area contributed by atoms with Gasteiger partial charge in [0.2, 0.25) is 5.91 Å². The molecule has 1 aliphatic rings. The van der Waals surface area contributed by atoms with Crippen LogP contribution in [0.3, 0.4) is 0 Å². The van der Waals surface area contributed by atoms with Crippen molar-refractivity contribution in [1.82, 2.24) is 9.88 Å². The number of amides is 1. The molecule has 2 heterocycles. The summed E-state index contributed by atoms with van der Waals surface area (Å²) in [6, 6.07) is 2.92. The predicted octanol–water partition coefficient (Wildman–Crippen LogP) is 2.04. The maximum absolute atomic E-state index is 12.6. The van der Waals surface area contributed by atoms with E-state index in [2.05, 4.69) is 10.3 Å². The van der Waals surface area contributed by atoms with Crippen molar-refractivity contribution in [3.63, 3.8) is 0 Å². The fourth-order valence-corrected chi connectivity index (χ4v) is 2.08. The second kappa shape index (κ2) is 6.33. The first-order chi connectivity index (χ1) is 8.75. The lowest BCUT2D eigenvalue weighted by atomic mass is 10.1. The Kier molecular flexibility index (Phi) is 4.50. The molecular formula is C13H18FN3O. The minimum atomic E-state index is -0.357. The van der Waals surface area contributed by atoms with E-state index in [9.17, 15) is 9.18 Å². The monoisotopic (exact) mass is 251 g/mol. The lowest BCUT2D eigenvalue weighted by Crippen LogP contribution is -2.36. The minimum absolute atomic E-state index is 0.185. The number of aromatic nitrogens is 1. The Morgan fingerprint density at radius 1 is 1.33 bits per heavy atom. The summed E-state index contributed by atoms with van der Waals surface area (Å²) < 4.78 is 12.6. The fraction of sp³-hybridized carbons (Fsp3) is 0.538. The zero-order valence-electron chi connectivity index (χ0n) is 10.4. The van der Waals surface area contributed by atoms with Crippen LogP contribution in [0.4, 0.5) is 10.2 Å². The van der Waals surface area contributed by atoms with E-state index in [-0.39, 0.29) is 11.7 Å². The molecule has 98 valence electrons. The molecule has 0 bridgehead atoms. The molecule has 1 N–H and O–H groups in total. The molecule has 0 aliphatic carbocycles. The van der Waals surface area contributed by atoms with E-state index in [4.69, 9.17) is 0 Å². The molecule has 1 amide bonds. The molecule has 4 nitrogen and oxygen atoms in total. The molecule has 1 fully saturated rings. The summed E-state index contributed by atoms with van der Waals surface area (Å²) >= 11 is 0. The van der Waals surface area contributed by atoms with Crippen molar-refractivity contribution in [1.29, 1.82) is 0 Å². The maximum atomic E-state index is 12.6. The van der Waals surface area contributed by atoms with Crippen LogP contribution < -0.4 is 5.32 Å². The highest BCUT2D eigenvalue weighted by Gasteiger charge is 2.15. The van der Waals surface area contributed by atoms with Crippen LogP contribution >= 0.6 is 0 Å². The Balaban J connectivity index is 1.71. The quantitative estimate of drug-likeness (QED) is 0.890. The predicted molar refractivity (Wildman–Crippen MR) is 67.7 cm³/mol. The summed E-state index contributed by atoms with van der Waals surface area (Å²) in [7, 11) is 0. The number of nitrogens with zero attached hydrogens (tertiary/aromatic N) is 2. The number of likely N-dealkylation sites (tertiary alicyclic amines) is 1. The summed E-state index contributed by atoms with van der Waals surface area (Å²) in [5.41, 5.74) is 0. The van der Waals surface area contributed by atoms with Gasteiger partial charge in [0.25, 0.3) is 0 Å². The second-order valence-electron chi connectivity index (χ2n) is 4.48. The molecule has 0 spiro atoms. The third-order valence-electron chi connectivity index (χ3n) is 3.08. The van der Waals surface area contributed by atoms with Crippen LogP contribution in [0.1, 0.15) is 25.7 Å². The fourth-order valence-electron chi connectivity index (χ4n) is 2.08. The van der Waals surface area contributed by atoms with E-state index in [1.165, 1.54) is 12.5 Å². The van der Waals surface area contributed by atoms with Crippen LogP contribution in [0, 0.1) is 5.82 Å². The Morgan fingerprint density at radius 3 is 2.78 bits per heavy atom. The van der Waals surface area contributed by atoms with Gasteiger partial charge < -0.3 is 10.2 Å². The van der Waals surface area contributed by atoms with Gasteiger partial charge >= 0.3 is 0 Å².